The highest BCUT2D eigenvalue weighted by Crippen LogP contribution is 2.62. The monoisotopic (exact) mass is 417 g/mol. The zero-order chi connectivity index (χ0) is 22.1. The molecule has 0 radical (unpaired) electrons. The Balaban J connectivity index is 1.81. The van der Waals surface area contributed by atoms with E-state index in [1.165, 1.54) is 15.9 Å². The quantitative estimate of drug-likeness (QED) is 0.593. The molecule has 3 unspecified atom stereocenters. The van der Waals surface area contributed by atoms with E-state index in [4.69, 9.17) is 0 Å². The van der Waals surface area contributed by atoms with Crippen molar-refractivity contribution in [1.29, 1.82) is 0 Å². The summed E-state index contributed by atoms with van der Waals surface area (Å²) in [5.74, 6) is -0.540. The normalized spacial score (nSPS) is 26.4. The number of benzene rings is 2. The van der Waals surface area contributed by atoms with Crippen LogP contribution in [0.3, 0.4) is 0 Å². The van der Waals surface area contributed by atoms with E-state index in [-0.39, 0.29) is 17.6 Å². The van der Waals surface area contributed by atoms with Gasteiger partial charge in [0.05, 0.1) is 11.3 Å². The number of nitrogens with zero attached hydrogens (tertiary/aromatic N) is 2. The van der Waals surface area contributed by atoms with Gasteiger partial charge in [-0.1, -0.05) is 32.1 Å². The van der Waals surface area contributed by atoms with E-state index in [0.717, 1.165) is 5.56 Å². The number of hydrogen-bond donors (Lipinski definition) is 2. The average molecular weight is 417 g/mol. The molecule has 3 aliphatic rings. The van der Waals surface area contributed by atoms with E-state index in [2.05, 4.69) is 11.9 Å². The maximum Gasteiger partial charge on any atom is 0.258 e. The van der Waals surface area contributed by atoms with Crippen LogP contribution in [0.2, 0.25) is 0 Å². The Labute approximate surface area is 180 Å². The molecule has 31 heavy (non-hydrogen) atoms. The van der Waals surface area contributed by atoms with Gasteiger partial charge >= 0.3 is 0 Å². The molecule has 5 rings (SSSR count). The highest BCUT2D eigenvalue weighted by Gasteiger charge is 2.68. The molecule has 2 aromatic rings. The van der Waals surface area contributed by atoms with E-state index < -0.39 is 23.0 Å². The first-order chi connectivity index (χ1) is 14.8. The second-order valence-corrected chi connectivity index (χ2v) is 8.95. The number of para-hydroxylation sites is 1. The molecular weight excluding hydrogens is 394 g/mol. The zero-order valence-electron chi connectivity index (χ0n) is 17.3. The Bertz CT molecular complexity index is 1160. The Morgan fingerprint density at radius 3 is 2.68 bits per heavy atom. The van der Waals surface area contributed by atoms with E-state index >= 15 is 0 Å². The van der Waals surface area contributed by atoms with Gasteiger partial charge in [-0.3, -0.25) is 19.3 Å². The SMILES string of the molecule is C=CC(C)(C)C12CC3C(=O)Nc4ccccc4C(=O)N3C1N(C=O)c1ccc(O)cc12. The van der Waals surface area contributed by atoms with E-state index in [9.17, 15) is 19.5 Å². The van der Waals surface area contributed by atoms with Crippen LogP contribution in [0, 0.1) is 5.41 Å². The highest BCUT2D eigenvalue weighted by atomic mass is 16.3. The number of phenolic OH excluding ortho intramolecular Hbond substituents is 1. The van der Waals surface area contributed by atoms with Crippen molar-refractivity contribution >= 4 is 29.6 Å². The van der Waals surface area contributed by atoms with Gasteiger partial charge in [0.1, 0.15) is 18.0 Å². The molecule has 0 aliphatic carbocycles. The van der Waals surface area contributed by atoms with Crippen molar-refractivity contribution in [1.82, 2.24) is 4.90 Å². The third-order valence-corrected chi connectivity index (χ3v) is 7.28. The summed E-state index contributed by atoms with van der Waals surface area (Å²) < 4.78 is 0. The Morgan fingerprint density at radius 1 is 1.23 bits per heavy atom. The minimum Gasteiger partial charge on any atom is -0.508 e. The van der Waals surface area contributed by atoms with Crippen LogP contribution in [-0.2, 0) is 15.0 Å². The van der Waals surface area contributed by atoms with Gasteiger partial charge in [0.15, 0.2) is 0 Å². The van der Waals surface area contributed by atoms with Crippen LogP contribution in [0.5, 0.6) is 5.75 Å². The molecule has 7 nitrogen and oxygen atoms in total. The van der Waals surface area contributed by atoms with Crippen molar-refractivity contribution in [2.75, 3.05) is 10.2 Å². The molecule has 3 heterocycles. The molecule has 3 atom stereocenters. The molecule has 3 amide bonds. The van der Waals surface area contributed by atoms with Crippen molar-refractivity contribution < 1.29 is 19.5 Å². The summed E-state index contributed by atoms with van der Waals surface area (Å²) in [6.45, 7) is 7.98. The maximum atomic E-state index is 13.8. The number of hydrogen-bond acceptors (Lipinski definition) is 4. The predicted molar refractivity (Wildman–Crippen MR) is 116 cm³/mol. The summed E-state index contributed by atoms with van der Waals surface area (Å²) in [7, 11) is 0. The summed E-state index contributed by atoms with van der Waals surface area (Å²) in [6.07, 6.45) is 2.06. The van der Waals surface area contributed by atoms with Crippen LogP contribution in [0.4, 0.5) is 11.4 Å². The number of aromatic hydroxyl groups is 1. The Morgan fingerprint density at radius 2 is 1.97 bits per heavy atom. The zero-order valence-corrected chi connectivity index (χ0v) is 17.3. The fourth-order valence-corrected chi connectivity index (χ4v) is 5.62. The molecule has 0 saturated carbocycles. The summed E-state index contributed by atoms with van der Waals surface area (Å²) >= 11 is 0. The van der Waals surface area contributed by atoms with E-state index in [0.29, 0.717) is 29.8 Å². The number of nitrogens with one attached hydrogen (secondary N) is 1. The Hall–Kier alpha value is -3.61. The Kier molecular flexibility index (Phi) is 3.87. The van der Waals surface area contributed by atoms with Gasteiger partial charge in [-0.2, -0.15) is 0 Å². The fourth-order valence-electron chi connectivity index (χ4n) is 5.62. The van der Waals surface area contributed by atoms with Crippen molar-refractivity contribution in [2.45, 2.75) is 37.9 Å². The van der Waals surface area contributed by atoms with Crippen LogP contribution < -0.4 is 10.2 Å². The molecule has 3 aliphatic heterocycles. The number of fused-ring (bicyclic) bond motifs is 6. The van der Waals surface area contributed by atoms with Crippen molar-refractivity contribution in [2.24, 2.45) is 5.41 Å². The molecule has 2 N–H and O–H groups in total. The lowest BCUT2D eigenvalue weighted by Crippen LogP contribution is -2.57. The van der Waals surface area contributed by atoms with Crippen molar-refractivity contribution in [3.05, 3.63) is 66.2 Å². The smallest absolute Gasteiger partial charge is 0.258 e. The second kappa shape index (κ2) is 6.20. The van der Waals surface area contributed by atoms with E-state index in [1.54, 1.807) is 42.5 Å². The van der Waals surface area contributed by atoms with Gasteiger partial charge in [-0.25, -0.2) is 0 Å². The fraction of sp³-hybridized carbons (Fsp3) is 0.292. The lowest BCUT2D eigenvalue weighted by atomic mass is 9.60. The first kappa shape index (κ1) is 19.4. The summed E-state index contributed by atoms with van der Waals surface area (Å²) in [5.41, 5.74) is 0.771. The number of rotatable bonds is 3. The average Bonchev–Trinajstić information content (AvgIpc) is 3.22. The topological polar surface area (TPSA) is 90.0 Å². The lowest BCUT2D eigenvalue weighted by Gasteiger charge is -2.44. The van der Waals surface area contributed by atoms with Crippen LogP contribution in [0.1, 0.15) is 36.2 Å². The molecule has 1 saturated heterocycles. The molecule has 158 valence electrons. The molecule has 1 fully saturated rings. The molecule has 0 bridgehead atoms. The van der Waals surface area contributed by atoms with Crippen LogP contribution in [-0.4, -0.2) is 40.4 Å². The van der Waals surface area contributed by atoms with Crippen LogP contribution >= 0.6 is 0 Å². The van der Waals surface area contributed by atoms with Crippen LogP contribution in [0.25, 0.3) is 0 Å². The third kappa shape index (κ3) is 2.26. The summed E-state index contributed by atoms with van der Waals surface area (Å²) in [6, 6.07) is 11.0. The number of carbonyl (C=O) groups is 3. The maximum absolute atomic E-state index is 13.8. The summed E-state index contributed by atoms with van der Waals surface area (Å²) in [4.78, 5) is 42.4. The van der Waals surface area contributed by atoms with Crippen molar-refractivity contribution in [3.8, 4) is 5.75 Å². The number of phenols is 1. The highest BCUT2D eigenvalue weighted by molar-refractivity contribution is 6.11. The third-order valence-electron chi connectivity index (χ3n) is 7.28. The number of anilines is 2. The first-order valence-corrected chi connectivity index (χ1v) is 10.2. The number of allylic oxidation sites excluding steroid dienone is 1. The van der Waals surface area contributed by atoms with Gasteiger partial charge in [0.25, 0.3) is 5.91 Å². The standard InChI is InChI=1S/C24H23N3O4/c1-4-23(2,3)24-12-19-20(30)25-17-8-6-5-7-15(17)21(31)27(19)22(24)26(13-28)18-10-9-14(29)11-16(18)24/h4-11,13,19,22,29H,1,12H2,2-3H3,(H,25,30). The number of amides is 3. The lowest BCUT2D eigenvalue weighted by molar-refractivity contribution is -0.120. The largest absolute Gasteiger partial charge is 0.508 e. The van der Waals surface area contributed by atoms with Crippen LogP contribution in [0.15, 0.2) is 55.1 Å². The second-order valence-electron chi connectivity index (χ2n) is 8.95. The molecule has 2 aromatic carbocycles. The molecular formula is C24H23N3O4. The van der Waals surface area contributed by atoms with Crippen molar-refractivity contribution in [3.63, 3.8) is 0 Å². The molecule has 0 aromatic heterocycles. The van der Waals surface area contributed by atoms with E-state index in [1.807, 2.05) is 13.8 Å². The molecule has 0 spiro atoms. The van der Waals surface area contributed by atoms with Gasteiger partial charge in [-0.15, -0.1) is 6.58 Å². The number of carbonyl (C=O) groups excluding carboxylic acids is 3. The van der Waals surface area contributed by atoms with Gasteiger partial charge < -0.3 is 15.3 Å². The first-order valence-electron chi connectivity index (χ1n) is 10.2. The van der Waals surface area contributed by atoms with Gasteiger partial charge in [0, 0.05) is 11.1 Å². The molecule has 7 heteroatoms. The predicted octanol–water partition coefficient (Wildman–Crippen LogP) is 3.01. The summed E-state index contributed by atoms with van der Waals surface area (Å²) in [5, 5.41) is 13.2. The van der Waals surface area contributed by atoms with Gasteiger partial charge in [0.2, 0.25) is 12.3 Å². The van der Waals surface area contributed by atoms with Gasteiger partial charge in [-0.05, 0) is 47.7 Å². The minimum atomic E-state index is -0.826. The minimum absolute atomic E-state index is 0.0627.